The van der Waals surface area contributed by atoms with E-state index in [1.54, 1.807) is 41.3 Å². The molecule has 1 unspecified atom stereocenters. The molecule has 1 amide bonds. The molecule has 3 aromatic rings. The monoisotopic (exact) mass is 480 g/mol. The molecule has 2 aromatic carbocycles. The number of ether oxygens (including phenoxy) is 2. The number of anilines is 1. The smallest absolute Gasteiger partial charge is 0.266 e. The van der Waals surface area contributed by atoms with Crippen LogP contribution in [0.4, 0.5) is 5.13 Å². The second-order valence-corrected chi connectivity index (χ2v) is 10.7. The molecule has 0 aliphatic carbocycles. The lowest BCUT2D eigenvalue weighted by Gasteiger charge is -2.23. The summed E-state index contributed by atoms with van der Waals surface area (Å²) in [7, 11) is -3.33. The molecule has 1 aromatic heterocycles. The third kappa shape index (κ3) is 5.35. The van der Waals surface area contributed by atoms with Crippen molar-refractivity contribution >= 4 is 54.0 Å². The van der Waals surface area contributed by atoms with Crippen LogP contribution in [0.1, 0.15) is 12.8 Å². The fourth-order valence-corrected chi connectivity index (χ4v) is 5.15. The lowest BCUT2D eigenvalue weighted by atomic mass is 10.2. The molecule has 1 aliphatic heterocycles. The van der Waals surface area contributed by atoms with E-state index < -0.39 is 9.84 Å². The zero-order chi connectivity index (χ0) is 22.0. The SMILES string of the molecule is CS(=O)(=O)c1ccc2nc(N(CC3CCCO3)C(=O)COc3ccc(Cl)cc3)sc2c1. The Morgan fingerprint density at radius 3 is 2.74 bits per heavy atom. The Kier molecular flexibility index (Phi) is 6.47. The molecule has 10 heteroatoms. The molecule has 1 fully saturated rings. The van der Waals surface area contributed by atoms with Gasteiger partial charge in [0.15, 0.2) is 21.6 Å². The second-order valence-electron chi connectivity index (χ2n) is 7.28. The van der Waals surface area contributed by atoms with Crippen molar-refractivity contribution in [2.45, 2.75) is 23.8 Å². The van der Waals surface area contributed by atoms with Gasteiger partial charge in [0.25, 0.3) is 5.91 Å². The molecule has 1 atom stereocenters. The largest absolute Gasteiger partial charge is 0.484 e. The van der Waals surface area contributed by atoms with Crippen molar-refractivity contribution in [3.8, 4) is 5.75 Å². The van der Waals surface area contributed by atoms with Crippen LogP contribution in [0, 0.1) is 0 Å². The lowest BCUT2D eigenvalue weighted by Crippen LogP contribution is -2.40. The fraction of sp³-hybridized carbons (Fsp3) is 0.333. The predicted octanol–water partition coefficient (Wildman–Crippen LogP) is 3.94. The Bertz CT molecular complexity index is 1190. The van der Waals surface area contributed by atoms with Crippen LogP contribution in [0.25, 0.3) is 10.2 Å². The van der Waals surface area contributed by atoms with Crippen molar-refractivity contribution in [3.05, 3.63) is 47.5 Å². The molecule has 7 nitrogen and oxygen atoms in total. The highest BCUT2D eigenvalue weighted by Gasteiger charge is 2.26. The van der Waals surface area contributed by atoms with Crippen LogP contribution in [0.5, 0.6) is 5.75 Å². The molecular weight excluding hydrogens is 460 g/mol. The molecule has 1 saturated heterocycles. The number of hydrogen-bond donors (Lipinski definition) is 0. The molecule has 2 heterocycles. The summed E-state index contributed by atoms with van der Waals surface area (Å²) in [6, 6.07) is 11.6. The van der Waals surface area contributed by atoms with Gasteiger partial charge in [0.05, 0.1) is 27.8 Å². The number of aromatic nitrogens is 1. The van der Waals surface area contributed by atoms with Gasteiger partial charge in [-0.25, -0.2) is 13.4 Å². The molecule has 1 aliphatic rings. The van der Waals surface area contributed by atoms with Gasteiger partial charge < -0.3 is 9.47 Å². The number of halogens is 1. The molecule has 0 spiro atoms. The van der Waals surface area contributed by atoms with Crippen LogP contribution in [-0.2, 0) is 19.4 Å². The maximum Gasteiger partial charge on any atom is 0.266 e. The molecular formula is C21H21ClN2O5S2. The Labute approximate surface area is 189 Å². The number of carbonyl (C=O) groups excluding carboxylic acids is 1. The van der Waals surface area contributed by atoms with E-state index in [9.17, 15) is 13.2 Å². The van der Waals surface area contributed by atoms with Crippen LogP contribution < -0.4 is 9.64 Å². The summed E-state index contributed by atoms with van der Waals surface area (Å²) in [6.07, 6.45) is 2.91. The lowest BCUT2D eigenvalue weighted by molar-refractivity contribution is -0.120. The number of amides is 1. The standard InChI is InChI=1S/C21H21ClN2O5S2/c1-31(26,27)17-8-9-18-19(11-17)30-21(23-18)24(12-16-3-2-10-28-16)20(25)13-29-15-6-4-14(22)5-7-15/h4-9,11,16H,2-3,10,12-13H2,1H3. The van der Waals surface area contributed by atoms with Crippen LogP contribution in [0.15, 0.2) is 47.4 Å². The summed E-state index contributed by atoms with van der Waals surface area (Å²) in [5.74, 6) is 0.282. The summed E-state index contributed by atoms with van der Waals surface area (Å²) in [5, 5.41) is 1.07. The van der Waals surface area contributed by atoms with E-state index in [4.69, 9.17) is 21.1 Å². The third-order valence-corrected chi connectivity index (χ3v) is 7.30. The van der Waals surface area contributed by atoms with Gasteiger partial charge in [0.1, 0.15) is 5.75 Å². The number of thiazole rings is 1. The van der Waals surface area contributed by atoms with Crippen LogP contribution >= 0.6 is 22.9 Å². The normalized spacial score (nSPS) is 16.5. The van der Waals surface area contributed by atoms with Gasteiger partial charge in [-0.2, -0.15) is 0 Å². The van der Waals surface area contributed by atoms with E-state index in [1.807, 2.05) is 0 Å². The highest BCUT2D eigenvalue weighted by molar-refractivity contribution is 7.90. The molecule has 0 saturated carbocycles. The minimum Gasteiger partial charge on any atom is -0.484 e. The number of nitrogens with zero attached hydrogens (tertiary/aromatic N) is 2. The minimum absolute atomic E-state index is 0.0712. The zero-order valence-electron chi connectivity index (χ0n) is 16.8. The number of sulfone groups is 1. The van der Waals surface area contributed by atoms with Crippen molar-refractivity contribution < 1.29 is 22.7 Å². The zero-order valence-corrected chi connectivity index (χ0v) is 19.2. The minimum atomic E-state index is -3.33. The van der Waals surface area contributed by atoms with E-state index in [0.717, 1.165) is 19.1 Å². The van der Waals surface area contributed by atoms with Crippen LogP contribution in [0.3, 0.4) is 0 Å². The summed E-state index contributed by atoms with van der Waals surface area (Å²) in [6.45, 7) is 0.867. The Morgan fingerprint density at radius 2 is 2.06 bits per heavy atom. The van der Waals surface area contributed by atoms with Crippen LogP contribution in [0.2, 0.25) is 5.02 Å². The van der Waals surface area contributed by atoms with E-state index in [1.165, 1.54) is 17.4 Å². The van der Waals surface area contributed by atoms with Gasteiger partial charge in [-0.3, -0.25) is 9.69 Å². The van der Waals surface area contributed by atoms with Crippen molar-refractivity contribution in [3.63, 3.8) is 0 Å². The van der Waals surface area contributed by atoms with Crippen molar-refractivity contribution in [2.75, 3.05) is 30.9 Å². The molecule has 164 valence electrons. The van der Waals surface area contributed by atoms with Gasteiger partial charge in [0.2, 0.25) is 0 Å². The predicted molar refractivity (Wildman–Crippen MR) is 121 cm³/mol. The first-order chi connectivity index (χ1) is 14.8. The van der Waals surface area contributed by atoms with Crippen molar-refractivity contribution in [1.29, 1.82) is 0 Å². The maximum absolute atomic E-state index is 13.1. The summed E-state index contributed by atoms with van der Waals surface area (Å²) < 4.78 is 35.8. The topological polar surface area (TPSA) is 85.8 Å². The average molecular weight is 481 g/mol. The first-order valence-electron chi connectivity index (χ1n) is 9.70. The second kappa shape index (κ2) is 9.12. The first kappa shape index (κ1) is 22.0. The number of carbonyl (C=O) groups is 1. The average Bonchev–Trinajstić information content (AvgIpc) is 3.39. The maximum atomic E-state index is 13.1. The van der Waals surface area contributed by atoms with Gasteiger partial charge in [-0.05, 0) is 55.3 Å². The highest BCUT2D eigenvalue weighted by atomic mass is 35.5. The number of benzene rings is 2. The van der Waals surface area contributed by atoms with Gasteiger partial charge >= 0.3 is 0 Å². The summed E-state index contributed by atoms with van der Waals surface area (Å²) in [5.41, 5.74) is 0.635. The summed E-state index contributed by atoms with van der Waals surface area (Å²) in [4.78, 5) is 19.4. The number of hydrogen-bond acceptors (Lipinski definition) is 7. The van der Waals surface area contributed by atoms with Crippen molar-refractivity contribution in [1.82, 2.24) is 4.98 Å². The molecule has 0 radical (unpaired) electrons. The van der Waals surface area contributed by atoms with E-state index in [0.29, 0.717) is 39.3 Å². The van der Waals surface area contributed by atoms with Gasteiger partial charge in [-0.15, -0.1) is 0 Å². The number of fused-ring (bicyclic) bond motifs is 1. The first-order valence-corrected chi connectivity index (χ1v) is 12.8. The molecule has 0 N–H and O–H groups in total. The quantitative estimate of drug-likeness (QED) is 0.509. The third-order valence-electron chi connectivity index (χ3n) is 4.89. The fourth-order valence-electron chi connectivity index (χ4n) is 3.27. The molecule has 31 heavy (non-hydrogen) atoms. The number of rotatable bonds is 7. The Balaban J connectivity index is 1.59. The van der Waals surface area contributed by atoms with E-state index in [-0.39, 0.29) is 23.5 Å². The van der Waals surface area contributed by atoms with Crippen LogP contribution in [-0.4, -0.2) is 51.4 Å². The van der Waals surface area contributed by atoms with E-state index in [2.05, 4.69) is 4.98 Å². The Hall–Kier alpha value is -2.20. The van der Waals surface area contributed by atoms with Gasteiger partial charge in [-0.1, -0.05) is 22.9 Å². The molecule has 4 rings (SSSR count). The Morgan fingerprint density at radius 1 is 1.29 bits per heavy atom. The summed E-state index contributed by atoms with van der Waals surface area (Å²) >= 11 is 7.16. The van der Waals surface area contributed by atoms with E-state index >= 15 is 0 Å². The van der Waals surface area contributed by atoms with Crippen molar-refractivity contribution in [2.24, 2.45) is 0 Å². The highest BCUT2D eigenvalue weighted by Crippen LogP contribution is 2.31. The van der Waals surface area contributed by atoms with Gasteiger partial charge in [0, 0.05) is 17.9 Å². The molecule has 0 bridgehead atoms.